The minimum atomic E-state index is -0.122. The average molecular weight is 390 g/mol. The van der Waals surface area contributed by atoms with Crippen LogP contribution in [-0.4, -0.2) is 45.2 Å². The Morgan fingerprint density at radius 1 is 1.30 bits per heavy atom. The average Bonchev–Trinajstić information content (AvgIpc) is 3.39. The van der Waals surface area contributed by atoms with E-state index < -0.39 is 0 Å². The smallest absolute Gasteiger partial charge is 0.274 e. The van der Waals surface area contributed by atoms with Crippen molar-refractivity contribution in [3.63, 3.8) is 0 Å². The molecular formula is C20H28ClN5O. The molecule has 1 unspecified atom stereocenters. The summed E-state index contributed by atoms with van der Waals surface area (Å²) < 4.78 is 2.05. The van der Waals surface area contributed by atoms with Crippen LogP contribution in [-0.2, 0) is 5.54 Å². The van der Waals surface area contributed by atoms with Crippen LogP contribution in [0.5, 0.6) is 0 Å². The molecular weight excluding hydrogens is 362 g/mol. The lowest BCUT2D eigenvalue weighted by Crippen LogP contribution is -2.48. The van der Waals surface area contributed by atoms with Gasteiger partial charge in [-0.25, -0.2) is 0 Å². The molecule has 1 aliphatic carbocycles. The Morgan fingerprint density at radius 2 is 2.07 bits per heavy atom. The molecule has 4 rings (SSSR count). The molecule has 1 saturated heterocycles. The molecule has 1 N–H and O–H groups in total. The summed E-state index contributed by atoms with van der Waals surface area (Å²) in [7, 11) is 0. The quantitative estimate of drug-likeness (QED) is 0.876. The molecule has 2 aromatic rings. The summed E-state index contributed by atoms with van der Waals surface area (Å²) in [6.07, 6.45) is 6.00. The lowest BCUT2D eigenvalue weighted by molar-refractivity contribution is 0.0626. The fourth-order valence-corrected chi connectivity index (χ4v) is 3.67. The maximum absolute atomic E-state index is 13.3. The van der Waals surface area contributed by atoms with E-state index in [-0.39, 0.29) is 29.9 Å². The van der Waals surface area contributed by atoms with E-state index in [1.165, 1.54) is 18.5 Å². The van der Waals surface area contributed by atoms with Gasteiger partial charge >= 0.3 is 0 Å². The van der Waals surface area contributed by atoms with E-state index in [2.05, 4.69) is 35.8 Å². The van der Waals surface area contributed by atoms with Gasteiger partial charge in [0.15, 0.2) is 5.69 Å². The van der Waals surface area contributed by atoms with Crippen LogP contribution in [0.25, 0.3) is 0 Å². The summed E-state index contributed by atoms with van der Waals surface area (Å²) in [5, 5.41) is 8.13. The zero-order valence-electron chi connectivity index (χ0n) is 16.2. The first-order chi connectivity index (χ1) is 12.4. The van der Waals surface area contributed by atoms with E-state index in [4.69, 9.17) is 5.10 Å². The Labute approximate surface area is 166 Å². The van der Waals surface area contributed by atoms with Crippen molar-refractivity contribution in [1.29, 1.82) is 0 Å². The zero-order valence-corrected chi connectivity index (χ0v) is 17.0. The van der Waals surface area contributed by atoms with Gasteiger partial charge in [0.2, 0.25) is 0 Å². The lowest BCUT2D eigenvalue weighted by atomic mass is 10.0. The normalized spacial score (nSPS) is 20.3. The third-order valence-corrected chi connectivity index (χ3v) is 5.16. The van der Waals surface area contributed by atoms with Crippen LogP contribution in [0.2, 0.25) is 0 Å². The Balaban J connectivity index is 0.00000210. The van der Waals surface area contributed by atoms with Crippen molar-refractivity contribution in [2.45, 2.75) is 51.1 Å². The summed E-state index contributed by atoms with van der Waals surface area (Å²) >= 11 is 0. The second kappa shape index (κ2) is 7.60. The first-order valence-electron chi connectivity index (χ1n) is 9.47. The number of piperazine rings is 1. The van der Waals surface area contributed by atoms with Gasteiger partial charge in [0, 0.05) is 43.6 Å². The van der Waals surface area contributed by atoms with Crippen molar-refractivity contribution >= 4 is 18.3 Å². The first kappa shape index (κ1) is 19.8. The molecule has 2 aromatic heterocycles. The molecule has 1 amide bonds. The number of aromatic nitrogens is 3. The van der Waals surface area contributed by atoms with Crippen molar-refractivity contribution in [2.24, 2.45) is 0 Å². The van der Waals surface area contributed by atoms with E-state index in [1.807, 2.05) is 29.3 Å². The predicted octanol–water partition coefficient (Wildman–Crippen LogP) is 3.12. The van der Waals surface area contributed by atoms with Gasteiger partial charge in [0.25, 0.3) is 5.91 Å². The Hall–Kier alpha value is -1.92. The van der Waals surface area contributed by atoms with Gasteiger partial charge in [-0.3, -0.25) is 14.5 Å². The molecule has 0 aromatic carbocycles. The van der Waals surface area contributed by atoms with Crippen molar-refractivity contribution in [3.8, 4) is 0 Å². The van der Waals surface area contributed by atoms with Crippen molar-refractivity contribution in [3.05, 3.63) is 47.5 Å². The number of nitrogens with one attached hydrogen (secondary N) is 1. The van der Waals surface area contributed by atoms with E-state index >= 15 is 0 Å². The van der Waals surface area contributed by atoms with E-state index in [9.17, 15) is 4.79 Å². The van der Waals surface area contributed by atoms with Crippen molar-refractivity contribution in [1.82, 2.24) is 25.0 Å². The fraction of sp³-hybridized carbons (Fsp3) is 0.550. The van der Waals surface area contributed by atoms with Gasteiger partial charge in [-0.05, 0) is 51.3 Å². The predicted molar refractivity (Wildman–Crippen MR) is 107 cm³/mol. The Morgan fingerprint density at radius 3 is 2.70 bits per heavy atom. The lowest BCUT2D eigenvalue weighted by Gasteiger charge is -2.36. The summed E-state index contributed by atoms with van der Waals surface area (Å²) in [6.45, 7) is 8.65. The molecule has 2 fully saturated rings. The van der Waals surface area contributed by atoms with Gasteiger partial charge in [0.05, 0.1) is 11.6 Å². The van der Waals surface area contributed by atoms with Gasteiger partial charge < -0.3 is 10.2 Å². The molecule has 0 radical (unpaired) electrons. The van der Waals surface area contributed by atoms with Crippen LogP contribution in [0.15, 0.2) is 30.6 Å². The highest BCUT2D eigenvalue weighted by atomic mass is 35.5. The minimum Gasteiger partial charge on any atom is -0.328 e. The van der Waals surface area contributed by atoms with E-state index in [0.29, 0.717) is 18.2 Å². The number of nitrogens with zero attached hydrogens (tertiary/aromatic N) is 4. The third-order valence-electron chi connectivity index (χ3n) is 5.16. The highest BCUT2D eigenvalue weighted by Crippen LogP contribution is 2.42. The largest absolute Gasteiger partial charge is 0.328 e. The molecule has 6 nitrogen and oxygen atoms in total. The SMILES string of the molecule is CC(C)(C)n1nc(C(=O)N2CCNCC2c2cccnc2)cc1C1CC1.Cl. The highest BCUT2D eigenvalue weighted by Gasteiger charge is 2.35. The van der Waals surface area contributed by atoms with Crippen LogP contribution in [0.1, 0.15) is 67.3 Å². The standard InChI is InChI=1S/C20H27N5O.ClH/c1-20(2,3)25-17(14-6-7-14)11-16(23-25)19(26)24-10-9-22-13-18(24)15-5-4-8-21-12-15;/h4-5,8,11-12,14,18,22H,6-7,9-10,13H2,1-3H3;1H. The summed E-state index contributed by atoms with van der Waals surface area (Å²) in [5.74, 6) is 0.575. The van der Waals surface area contributed by atoms with Gasteiger partial charge in [-0.15, -0.1) is 12.4 Å². The molecule has 1 saturated carbocycles. The molecule has 1 atom stereocenters. The molecule has 7 heteroatoms. The van der Waals surface area contributed by atoms with Crippen molar-refractivity contribution < 1.29 is 4.79 Å². The van der Waals surface area contributed by atoms with E-state index in [0.717, 1.165) is 18.7 Å². The molecule has 0 bridgehead atoms. The highest BCUT2D eigenvalue weighted by molar-refractivity contribution is 5.93. The number of pyridine rings is 1. The third kappa shape index (κ3) is 4.01. The molecule has 3 heterocycles. The van der Waals surface area contributed by atoms with Crippen LogP contribution in [0.4, 0.5) is 0 Å². The Kier molecular flexibility index (Phi) is 5.58. The summed E-state index contributed by atoms with van der Waals surface area (Å²) in [4.78, 5) is 19.5. The van der Waals surface area contributed by atoms with Crippen LogP contribution >= 0.6 is 12.4 Å². The minimum absolute atomic E-state index is 0. The fourth-order valence-electron chi connectivity index (χ4n) is 3.67. The Bertz CT molecular complexity index is 794. The van der Waals surface area contributed by atoms with E-state index in [1.54, 1.807) is 6.20 Å². The number of rotatable bonds is 3. The first-order valence-corrected chi connectivity index (χ1v) is 9.47. The maximum Gasteiger partial charge on any atom is 0.274 e. The molecule has 0 spiro atoms. The van der Waals surface area contributed by atoms with Gasteiger partial charge in [-0.1, -0.05) is 6.07 Å². The second-order valence-electron chi connectivity index (χ2n) is 8.32. The topological polar surface area (TPSA) is 63.1 Å². The molecule has 146 valence electrons. The number of halogens is 1. The molecule has 1 aliphatic heterocycles. The zero-order chi connectivity index (χ0) is 18.3. The van der Waals surface area contributed by atoms with Crippen molar-refractivity contribution in [2.75, 3.05) is 19.6 Å². The van der Waals surface area contributed by atoms with Crippen LogP contribution in [0, 0.1) is 0 Å². The summed E-state index contributed by atoms with van der Waals surface area (Å²) in [6, 6.07) is 5.97. The number of carbonyl (C=O) groups excluding carboxylic acids is 1. The monoisotopic (exact) mass is 389 g/mol. The number of hydrogen-bond donors (Lipinski definition) is 1. The number of hydrogen-bond acceptors (Lipinski definition) is 4. The second-order valence-corrected chi connectivity index (χ2v) is 8.32. The van der Waals surface area contributed by atoms with Crippen LogP contribution in [0.3, 0.4) is 0 Å². The maximum atomic E-state index is 13.3. The molecule has 2 aliphatic rings. The molecule has 27 heavy (non-hydrogen) atoms. The van der Waals surface area contributed by atoms with Gasteiger partial charge in [0.1, 0.15) is 0 Å². The van der Waals surface area contributed by atoms with Crippen LogP contribution < -0.4 is 5.32 Å². The number of amides is 1. The summed E-state index contributed by atoms with van der Waals surface area (Å²) in [5.41, 5.74) is 2.71. The number of carbonyl (C=O) groups is 1. The van der Waals surface area contributed by atoms with Gasteiger partial charge in [-0.2, -0.15) is 5.10 Å².